The van der Waals surface area contributed by atoms with Crippen LogP contribution < -0.4 is 0 Å². The van der Waals surface area contributed by atoms with Gasteiger partial charge in [-0.2, -0.15) is 0 Å². The molecule has 0 atom stereocenters. The van der Waals surface area contributed by atoms with Gasteiger partial charge in [-0.1, -0.05) is 41.0 Å². The molecule has 0 N–H and O–H groups in total. The molecule has 3 aromatic rings. The molecule has 0 unspecified atom stereocenters. The van der Waals surface area contributed by atoms with Crippen molar-refractivity contribution in [2.24, 2.45) is 0 Å². The molecule has 1 heterocycles. The largest absolute Gasteiger partial charge is 0.354 e. The summed E-state index contributed by atoms with van der Waals surface area (Å²) in [5.41, 5.74) is 7.54. The molecule has 0 bridgehead atoms. The molecule has 3 rings (SSSR count). The molecule has 0 aliphatic heterocycles. The van der Waals surface area contributed by atoms with Gasteiger partial charge in [0.2, 0.25) is 0 Å². The predicted molar refractivity (Wildman–Crippen MR) is 91.3 cm³/mol. The third-order valence-electron chi connectivity index (χ3n) is 4.18. The van der Waals surface area contributed by atoms with Crippen molar-refractivity contribution in [2.45, 2.75) is 27.7 Å². The van der Waals surface area contributed by atoms with Gasteiger partial charge >= 0.3 is 0 Å². The molecule has 0 spiro atoms. The number of rotatable bonds is 2. The number of benzene rings is 2. The van der Waals surface area contributed by atoms with Crippen molar-refractivity contribution in [1.29, 1.82) is 0 Å². The molecule has 2 aromatic carbocycles. The zero-order valence-electron chi connectivity index (χ0n) is 13.2. The van der Waals surface area contributed by atoms with Gasteiger partial charge in [-0.25, -0.2) is 0 Å². The van der Waals surface area contributed by atoms with E-state index in [2.05, 4.69) is 57.1 Å². The summed E-state index contributed by atoms with van der Waals surface area (Å²) in [6.45, 7) is 8.33. The van der Waals surface area contributed by atoms with Crippen molar-refractivity contribution in [3.05, 3.63) is 63.7 Å². The van der Waals surface area contributed by atoms with Gasteiger partial charge in [-0.05, 0) is 62.1 Å². The zero-order valence-corrected chi connectivity index (χ0v) is 14.0. The van der Waals surface area contributed by atoms with Crippen molar-refractivity contribution >= 4 is 11.6 Å². The summed E-state index contributed by atoms with van der Waals surface area (Å²) in [7, 11) is 0. The molecule has 0 aliphatic rings. The molecule has 22 heavy (non-hydrogen) atoms. The van der Waals surface area contributed by atoms with Crippen LogP contribution >= 0.6 is 11.6 Å². The molecule has 0 aliphatic carbocycles. The molecule has 0 radical (unpaired) electrons. The highest BCUT2D eigenvalue weighted by atomic mass is 35.5. The highest BCUT2D eigenvalue weighted by Crippen LogP contribution is 2.37. The van der Waals surface area contributed by atoms with E-state index in [1.807, 2.05) is 12.1 Å². The van der Waals surface area contributed by atoms with Crippen molar-refractivity contribution < 1.29 is 4.52 Å². The highest BCUT2D eigenvalue weighted by Gasteiger charge is 2.18. The normalized spacial score (nSPS) is 11.0. The van der Waals surface area contributed by atoms with E-state index in [0.717, 1.165) is 11.1 Å². The summed E-state index contributed by atoms with van der Waals surface area (Å²) in [6.07, 6.45) is 0. The Labute approximate surface area is 135 Å². The van der Waals surface area contributed by atoms with Gasteiger partial charge in [0.25, 0.3) is 0 Å². The first-order valence-corrected chi connectivity index (χ1v) is 7.65. The Bertz CT molecular complexity index is 780. The first-order valence-electron chi connectivity index (χ1n) is 7.28. The van der Waals surface area contributed by atoms with Crippen LogP contribution in [0.3, 0.4) is 0 Å². The number of aromatic nitrogens is 1. The fourth-order valence-corrected chi connectivity index (χ4v) is 2.70. The molecular formula is C19H18ClNO. The molecule has 3 heteroatoms. The minimum Gasteiger partial charge on any atom is -0.354 e. The number of nitrogens with zero attached hydrogens (tertiary/aromatic N) is 1. The summed E-state index contributed by atoms with van der Waals surface area (Å²) in [5, 5.41) is 4.74. The topological polar surface area (TPSA) is 26.0 Å². The van der Waals surface area contributed by atoms with Crippen LogP contribution in [0.25, 0.3) is 22.6 Å². The molecule has 2 nitrogen and oxygen atoms in total. The Morgan fingerprint density at radius 1 is 0.773 bits per heavy atom. The van der Waals surface area contributed by atoms with Crippen LogP contribution in [0.1, 0.15) is 22.3 Å². The molecule has 112 valence electrons. The van der Waals surface area contributed by atoms with E-state index in [1.165, 1.54) is 22.3 Å². The van der Waals surface area contributed by atoms with Gasteiger partial charge in [-0.3, -0.25) is 0 Å². The third kappa shape index (κ3) is 2.55. The Balaban J connectivity index is 2.08. The van der Waals surface area contributed by atoms with Crippen molar-refractivity contribution in [3.63, 3.8) is 0 Å². The first kappa shape index (κ1) is 14.9. The standard InChI is InChI=1S/C19H18ClNO/c1-11-5-7-15(9-13(11)3)18-17(20)19(22-21-18)16-8-6-12(2)14(4)10-16/h5-10H,1-4H3. The van der Waals surface area contributed by atoms with E-state index in [9.17, 15) is 0 Å². The van der Waals surface area contributed by atoms with Gasteiger partial charge in [-0.15, -0.1) is 0 Å². The maximum absolute atomic E-state index is 6.52. The monoisotopic (exact) mass is 311 g/mol. The van der Waals surface area contributed by atoms with Gasteiger partial charge in [0.1, 0.15) is 10.7 Å². The summed E-state index contributed by atoms with van der Waals surface area (Å²) in [6, 6.07) is 12.3. The lowest BCUT2D eigenvalue weighted by Crippen LogP contribution is -1.84. The van der Waals surface area contributed by atoms with E-state index in [0.29, 0.717) is 16.5 Å². The average molecular weight is 312 g/mol. The number of aryl methyl sites for hydroxylation is 4. The van der Waals surface area contributed by atoms with Crippen LogP contribution in [0, 0.1) is 27.7 Å². The second-order valence-electron chi connectivity index (χ2n) is 5.77. The molecule has 0 saturated heterocycles. The van der Waals surface area contributed by atoms with Crippen molar-refractivity contribution in [2.75, 3.05) is 0 Å². The van der Waals surface area contributed by atoms with E-state index in [4.69, 9.17) is 16.1 Å². The molecular weight excluding hydrogens is 294 g/mol. The van der Waals surface area contributed by atoms with Crippen LogP contribution in [-0.4, -0.2) is 5.16 Å². The van der Waals surface area contributed by atoms with E-state index in [-0.39, 0.29) is 0 Å². The fraction of sp³-hybridized carbons (Fsp3) is 0.211. The van der Waals surface area contributed by atoms with Gasteiger partial charge in [0, 0.05) is 11.1 Å². The quantitative estimate of drug-likeness (QED) is 0.589. The Hall–Kier alpha value is -2.06. The Morgan fingerprint density at radius 3 is 1.91 bits per heavy atom. The Morgan fingerprint density at radius 2 is 1.32 bits per heavy atom. The minimum atomic E-state index is 0.562. The summed E-state index contributed by atoms with van der Waals surface area (Å²) < 4.78 is 5.52. The van der Waals surface area contributed by atoms with Crippen LogP contribution in [0.15, 0.2) is 40.9 Å². The summed E-state index contributed by atoms with van der Waals surface area (Å²) in [4.78, 5) is 0. The van der Waals surface area contributed by atoms with Gasteiger partial charge < -0.3 is 4.52 Å². The Kier molecular flexibility index (Phi) is 3.79. The lowest BCUT2D eigenvalue weighted by Gasteiger charge is -2.03. The summed E-state index contributed by atoms with van der Waals surface area (Å²) in [5.74, 6) is 0.623. The predicted octanol–water partition coefficient (Wildman–Crippen LogP) is 5.90. The van der Waals surface area contributed by atoms with Crippen LogP contribution in [-0.2, 0) is 0 Å². The fourth-order valence-electron chi connectivity index (χ4n) is 2.41. The van der Waals surface area contributed by atoms with E-state index < -0.39 is 0 Å². The van der Waals surface area contributed by atoms with Crippen molar-refractivity contribution in [1.82, 2.24) is 5.16 Å². The summed E-state index contributed by atoms with van der Waals surface area (Å²) >= 11 is 6.52. The lowest BCUT2D eigenvalue weighted by molar-refractivity contribution is 0.435. The highest BCUT2D eigenvalue weighted by molar-refractivity contribution is 6.35. The van der Waals surface area contributed by atoms with Crippen molar-refractivity contribution in [3.8, 4) is 22.6 Å². The van der Waals surface area contributed by atoms with Crippen LogP contribution in [0.5, 0.6) is 0 Å². The zero-order chi connectivity index (χ0) is 15.9. The van der Waals surface area contributed by atoms with Crippen LogP contribution in [0.2, 0.25) is 5.02 Å². The second kappa shape index (κ2) is 5.62. The first-order chi connectivity index (χ1) is 10.5. The second-order valence-corrected chi connectivity index (χ2v) is 6.15. The van der Waals surface area contributed by atoms with Crippen LogP contribution in [0.4, 0.5) is 0 Å². The molecule has 1 aromatic heterocycles. The van der Waals surface area contributed by atoms with E-state index >= 15 is 0 Å². The number of halogens is 1. The number of hydrogen-bond acceptors (Lipinski definition) is 2. The average Bonchev–Trinajstić information content (AvgIpc) is 2.87. The SMILES string of the molecule is Cc1ccc(-c2noc(-c3ccc(C)c(C)c3)c2Cl)cc1C. The maximum Gasteiger partial charge on any atom is 0.186 e. The smallest absolute Gasteiger partial charge is 0.186 e. The van der Waals surface area contributed by atoms with Gasteiger partial charge in [0.15, 0.2) is 5.76 Å². The minimum absolute atomic E-state index is 0.562. The maximum atomic E-state index is 6.52. The van der Waals surface area contributed by atoms with E-state index in [1.54, 1.807) is 0 Å². The third-order valence-corrected chi connectivity index (χ3v) is 4.54. The molecule has 0 amide bonds. The van der Waals surface area contributed by atoms with Gasteiger partial charge in [0.05, 0.1) is 0 Å². The number of hydrogen-bond donors (Lipinski definition) is 0. The molecule has 0 saturated carbocycles. The molecule has 0 fully saturated rings. The lowest BCUT2D eigenvalue weighted by atomic mass is 10.0.